The molecule has 142 valence electrons. The van der Waals surface area contributed by atoms with E-state index in [1.807, 2.05) is 12.1 Å². The van der Waals surface area contributed by atoms with Crippen LogP contribution in [0.4, 0.5) is 13.2 Å². The number of aromatic nitrogens is 1. The van der Waals surface area contributed by atoms with Crippen molar-refractivity contribution in [1.82, 2.24) is 14.6 Å². The quantitative estimate of drug-likeness (QED) is 0.583. The topological polar surface area (TPSA) is 61.2 Å². The fourth-order valence-electron chi connectivity index (χ4n) is 2.64. The number of ether oxygens (including phenoxy) is 1. The maximum Gasteiger partial charge on any atom is 0.417 e. The minimum Gasteiger partial charge on any atom is -0.439 e. The summed E-state index contributed by atoms with van der Waals surface area (Å²) < 4.78 is 46.3. The van der Waals surface area contributed by atoms with Gasteiger partial charge in [0.25, 0.3) is 0 Å². The fourth-order valence-corrected chi connectivity index (χ4v) is 3.40. The van der Waals surface area contributed by atoms with Gasteiger partial charge in [0, 0.05) is 36.8 Å². The van der Waals surface area contributed by atoms with E-state index in [1.54, 1.807) is 17.0 Å². The van der Waals surface area contributed by atoms with Crippen molar-refractivity contribution in [2.75, 3.05) is 19.6 Å². The number of pyridine rings is 1. The van der Waals surface area contributed by atoms with Gasteiger partial charge in [-0.05, 0) is 54.6 Å². The third-order valence-corrected chi connectivity index (χ3v) is 4.92. The lowest BCUT2D eigenvalue weighted by Crippen LogP contribution is -2.20. The second-order valence-electron chi connectivity index (χ2n) is 6.11. The number of hydrogen-bond donors (Lipinski definition) is 1. The van der Waals surface area contributed by atoms with E-state index in [-0.39, 0.29) is 5.88 Å². The average Bonchev–Trinajstić information content (AvgIpc) is 3.11. The van der Waals surface area contributed by atoms with Crippen LogP contribution in [0.2, 0.25) is 0 Å². The zero-order chi connectivity index (χ0) is 19.3. The summed E-state index contributed by atoms with van der Waals surface area (Å²) in [6.45, 7) is 2.42. The van der Waals surface area contributed by atoms with E-state index in [2.05, 4.69) is 15.9 Å². The molecule has 0 radical (unpaired) electrons. The number of benzene rings is 1. The van der Waals surface area contributed by atoms with Crippen LogP contribution in [0.15, 0.2) is 47.5 Å². The van der Waals surface area contributed by atoms with E-state index in [0.29, 0.717) is 11.7 Å². The van der Waals surface area contributed by atoms with Crippen LogP contribution >= 0.6 is 11.9 Å². The summed E-state index contributed by atoms with van der Waals surface area (Å²) in [7, 11) is 0. The van der Waals surface area contributed by atoms with Crippen LogP contribution in [-0.2, 0) is 6.18 Å². The van der Waals surface area contributed by atoms with Crippen molar-refractivity contribution >= 4 is 11.9 Å². The standard InChI is InChI=1S/C18H17F3N4OS/c19-18(20,21)14-1-6-17(23-10-14)26-15-2-4-16(5-3-15)27-24-9-13-7-8-25(11-13)12-22/h1-6,10,13,24H,7-9,11H2. The zero-order valence-corrected chi connectivity index (χ0v) is 15.1. The Hall–Kier alpha value is -2.44. The number of nitriles is 1. The van der Waals surface area contributed by atoms with Gasteiger partial charge in [0.2, 0.25) is 5.88 Å². The van der Waals surface area contributed by atoms with Crippen molar-refractivity contribution in [3.63, 3.8) is 0 Å². The molecule has 1 aromatic heterocycles. The molecule has 5 nitrogen and oxygen atoms in total. The van der Waals surface area contributed by atoms with E-state index in [9.17, 15) is 13.2 Å². The highest BCUT2D eigenvalue weighted by Crippen LogP contribution is 2.30. The molecule has 9 heteroatoms. The Kier molecular flexibility index (Phi) is 6.08. The summed E-state index contributed by atoms with van der Waals surface area (Å²) in [4.78, 5) is 6.43. The average molecular weight is 394 g/mol. The second-order valence-corrected chi connectivity index (χ2v) is 7.07. The Morgan fingerprint density at radius 3 is 2.63 bits per heavy atom. The molecule has 1 fully saturated rings. The molecule has 1 aliphatic rings. The lowest BCUT2D eigenvalue weighted by molar-refractivity contribution is -0.137. The van der Waals surface area contributed by atoms with Gasteiger partial charge in [0.05, 0.1) is 5.56 Å². The second kappa shape index (κ2) is 8.50. The monoisotopic (exact) mass is 394 g/mol. The van der Waals surface area contributed by atoms with E-state index in [1.165, 1.54) is 18.0 Å². The molecule has 1 atom stereocenters. The molecule has 27 heavy (non-hydrogen) atoms. The van der Waals surface area contributed by atoms with Crippen molar-refractivity contribution in [1.29, 1.82) is 5.26 Å². The molecule has 0 aliphatic carbocycles. The first-order chi connectivity index (χ1) is 12.9. The first kappa shape index (κ1) is 19.3. The predicted molar refractivity (Wildman–Crippen MR) is 94.9 cm³/mol. The van der Waals surface area contributed by atoms with Crippen LogP contribution in [0.5, 0.6) is 11.6 Å². The highest BCUT2D eigenvalue weighted by atomic mass is 32.2. The highest BCUT2D eigenvalue weighted by Gasteiger charge is 2.30. The fraction of sp³-hybridized carbons (Fsp3) is 0.333. The summed E-state index contributed by atoms with van der Waals surface area (Å²) in [5.41, 5.74) is -0.812. The van der Waals surface area contributed by atoms with Crippen LogP contribution in [0.3, 0.4) is 0 Å². The molecule has 1 aromatic carbocycles. The van der Waals surface area contributed by atoms with E-state index >= 15 is 0 Å². The summed E-state index contributed by atoms with van der Waals surface area (Å²) in [5, 5.41) is 8.85. The molecule has 0 spiro atoms. The summed E-state index contributed by atoms with van der Waals surface area (Å²) in [5.74, 6) is 1.06. The smallest absolute Gasteiger partial charge is 0.417 e. The molecule has 1 aliphatic heterocycles. The van der Waals surface area contributed by atoms with Gasteiger partial charge in [-0.1, -0.05) is 0 Å². The van der Waals surface area contributed by atoms with Crippen LogP contribution in [-0.4, -0.2) is 29.5 Å². The SMILES string of the molecule is N#CN1CCC(CNSc2ccc(Oc3ccc(C(F)(F)F)cn3)cc2)C1. The first-order valence-corrected chi connectivity index (χ1v) is 9.11. The Morgan fingerprint density at radius 2 is 2.04 bits per heavy atom. The van der Waals surface area contributed by atoms with Gasteiger partial charge >= 0.3 is 6.18 Å². The summed E-state index contributed by atoms with van der Waals surface area (Å²) >= 11 is 1.49. The molecule has 2 heterocycles. The van der Waals surface area contributed by atoms with Crippen LogP contribution < -0.4 is 9.46 Å². The molecule has 3 rings (SSSR count). The Bertz CT molecular complexity index is 790. The Labute approximate surface area is 159 Å². The molecular weight excluding hydrogens is 377 g/mol. The zero-order valence-electron chi connectivity index (χ0n) is 14.2. The number of rotatable bonds is 6. The molecular formula is C18H17F3N4OS. The highest BCUT2D eigenvalue weighted by molar-refractivity contribution is 7.97. The molecule has 1 unspecified atom stereocenters. The molecule has 0 amide bonds. The van der Waals surface area contributed by atoms with E-state index in [0.717, 1.165) is 43.2 Å². The summed E-state index contributed by atoms with van der Waals surface area (Å²) in [6.07, 6.45) is -0.493. The van der Waals surface area contributed by atoms with Gasteiger partial charge in [0.1, 0.15) is 5.75 Å². The largest absolute Gasteiger partial charge is 0.439 e. The van der Waals surface area contributed by atoms with Crippen molar-refractivity contribution in [2.45, 2.75) is 17.5 Å². The normalized spacial score (nSPS) is 17.0. The molecule has 2 aromatic rings. The van der Waals surface area contributed by atoms with Gasteiger partial charge in [-0.25, -0.2) is 4.98 Å². The van der Waals surface area contributed by atoms with Gasteiger partial charge in [-0.2, -0.15) is 18.4 Å². The van der Waals surface area contributed by atoms with E-state index in [4.69, 9.17) is 10.00 Å². The molecule has 1 saturated heterocycles. The third-order valence-electron chi connectivity index (χ3n) is 4.10. The lowest BCUT2D eigenvalue weighted by Gasteiger charge is -2.11. The van der Waals surface area contributed by atoms with Gasteiger partial charge < -0.3 is 9.64 Å². The minimum absolute atomic E-state index is 0.102. The van der Waals surface area contributed by atoms with Crippen molar-refractivity contribution in [2.24, 2.45) is 5.92 Å². The van der Waals surface area contributed by atoms with Crippen LogP contribution in [0, 0.1) is 17.4 Å². The van der Waals surface area contributed by atoms with Gasteiger partial charge in [0.15, 0.2) is 6.19 Å². The van der Waals surface area contributed by atoms with Gasteiger partial charge in [-0.15, -0.1) is 0 Å². The number of hydrogen-bond acceptors (Lipinski definition) is 6. The number of halogens is 3. The van der Waals surface area contributed by atoms with E-state index < -0.39 is 11.7 Å². The number of alkyl halides is 3. The maximum atomic E-state index is 12.5. The van der Waals surface area contributed by atoms with Crippen molar-refractivity contribution in [3.05, 3.63) is 48.2 Å². The number of likely N-dealkylation sites (tertiary alicyclic amines) is 1. The third kappa shape index (κ3) is 5.52. The lowest BCUT2D eigenvalue weighted by atomic mass is 10.1. The van der Waals surface area contributed by atoms with Crippen molar-refractivity contribution in [3.8, 4) is 17.8 Å². The summed E-state index contributed by atoms with van der Waals surface area (Å²) in [6, 6.07) is 9.30. The maximum absolute atomic E-state index is 12.5. The van der Waals surface area contributed by atoms with Crippen LogP contribution in [0.25, 0.3) is 0 Å². The number of nitrogens with one attached hydrogen (secondary N) is 1. The predicted octanol–water partition coefficient (Wildman–Crippen LogP) is 4.29. The van der Waals surface area contributed by atoms with Crippen molar-refractivity contribution < 1.29 is 17.9 Å². The van der Waals surface area contributed by atoms with Crippen LogP contribution in [0.1, 0.15) is 12.0 Å². The minimum atomic E-state index is -4.41. The van der Waals surface area contributed by atoms with Gasteiger partial charge in [-0.3, -0.25) is 4.72 Å². The Balaban J connectivity index is 1.47. The first-order valence-electron chi connectivity index (χ1n) is 8.29. The molecule has 0 saturated carbocycles. The molecule has 0 bridgehead atoms. The number of nitrogens with zero attached hydrogens (tertiary/aromatic N) is 3. The molecule has 1 N–H and O–H groups in total. The Morgan fingerprint density at radius 1 is 1.26 bits per heavy atom.